The Labute approximate surface area is 193 Å². The van der Waals surface area contributed by atoms with Gasteiger partial charge < -0.3 is 24.4 Å². The van der Waals surface area contributed by atoms with Gasteiger partial charge in [0.05, 0.1) is 49.9 Å². The van der Waals surface area contributed by atoms with Crippen molar-refractivity contribution >= 4 is 29.2 Å². The van der Waals surface area contributed by atoms with Crippen molar-refractivity contribution < 1.29 is 28.6 Å². The van der Waals surface area contributed by atoms with Crippen LogP contribution in [0.5, 0.6) is 5.75 Å². The van der Waals surface area contributed by atoms with Crippen molar-refractivity contribution in [2.24, 2.45) is 0 Å². The summed E-state index contributed by atoms with van der Waals surface area (Å²) in [4.78, 5) is 41.0. The van der Waals surface area contributed by atoms with E-state index in [1.54, 1.807) is 0 Å². The van der Waals surface area contributed by atoms with E-state index in [2.05, 4.69) is 10.2 Å². The first-order valence-corrected chi connectivity index (χ1v) is 10.8. The maximum absolute atomic E-state index is 12.7. The molecule has 9 nitrogen and oxygen atoms in total. The quantitative estimate of drug-likeness (QED) is 0.606. The van der Waals surface area contributed by atoms with Gasteiger partial charge >= 0.3 is 11.9 Å². The number of hydrogen-bond donors (Lipinski definition) is 1. The van der Waals surface area contributed by atoms with Gasteiger partial charge in [0.2, 0.25) is 5.91 Å². The predicted octanol–water partition coefficient (Wildman–Crippen LogP) is 2.42. The first-order chi connectivity index (χ1) is 16.0. The summed E-state index contributed by atoms with van der Waals surface area (Å²) in [5, 5.41) is 2.74. The van der Waals surface area contributed by atoms with Crippen molar-refractivity contribution in [3.8, 4) is 5.75 Å². The number of nitrogens with one attached hydrogen (secondary N) is 1. The van der Waals surface area contributed by atoms with Crippen molar-refractivity contribution in [3.63, 3.8) is 0 Å². The second-order valence-corrected chi connectivity index (χ2v) is 7.46. The molecular weight excluding hydrogens is 426 g/mol. The fourth-order valence-corrected chi connectivity index (χ4v) is 3.72. The van der Waals surface area contributed by atoms with Gasteiger partial charge in [-0.15, -0.1) is 0 Å². The average molecular weight is 456 g/mol. The third-order valence-electron chi connectivity index (χ3n) is 5.37. The molecule has 0 atom stereocenters. The summed E-state index contributed by atoms with van der Waals surface area (Å²) in [5.41, 5.74) is 1.64. The normalized spacial score (nSPS) is 13.8. The van der Waals surface area contributed by atoms with Crippen molar-refractivity contribution in [1.82, 2.24) is 4.90 Å². The van der Waals surface area contributed by atoms with E-state index < -0.39 is 11.9 Å². The molecule has 9 heteroatoms. The summed E-state index contributed by atoms with van der Waals surface area (Å²) in [7, 11) is 2.52. The maximum atomic E-state index is 12.7. The van der Waals surface area contributed by atoms with E-state index in [0.29, 0.717) is 19.7 Å². The minimum absolute atomic E-state index is 0.157. The molecule has 1 aliphatic heterocycles. The van der Waals surface area contributed by atoms with E-state index in [0.717, 1.165) is 24.5 Å². The van der Waals surface area contributed by atoms with Crippen LogP contribution in [0.4, 0.5) is 11.4 Å². The fourth-order valence-electron chi connectivity index (χ4n) is 3.72. The minimum atomic E-state index is -0.608. The number of nitrogens with zero attached hydrogens (tertiary/aromatic N) is 2. The SMILES string of the molecule is CCOc1ccccc1N1CCN(CC(=O)Nc2cc(C(=O)OC)ccc2C(=O)OC)CC1. The zero-order chi connectivity index (χ0) is 23.8. The Hall–Kier alpha value is -3.59. The van der Waals surface area contributed by atoms with Crippen LogP contribution >= 0.6 is 0 Å². The lowest BCUT2D eigenvalue weighted by Crippen LogP contribution is -2.48. The van der Waals surface area contributed by atoms with Crippen LogP contribution in [0.15, 0.2) is 42.5 Å². The number of ether oxygens (including phenoxy) is 3. The van der Waals surface area contributed by atoms with Crippen LogP contribution in [0.3, 0.4) is 0 Å². The Kier molecular flexibility index (Phi) is 8.26. The number of amides is 1. The van der Waals surface area contributed by atoms with Crippen molar-refractivity contribution in [3.05, 3.63) is 53.6 Å². The standard InChI is InChI=1S/C24H29N3O6/c1-4-33-21-8-6-5-7-20(21)27-13-11-26(12-14-27)16-22(28)25-19-15-17(23(29)31-2)9-10-18(19)24(30)32-3/h5-10,15H,4,11-14,16H2,1-3H3,(H,25,28). The highest BCUT2D eigenvalue weighted by atomic mass is 16.5. The second kappa shape index (κ2) is 11.3. The van der Waals surface area contributed by atoms with Crippen molar-refractivity contribution in [1.29, 1.82) is 0 Å². The predicted molar refractivity (Wildman–Crippen MR) is 124 cm³/mol. The maximum Gasteiger partial charge on any atom is 0.339 e. The zero-order valence-corrected chi connectivity index (χ0v) is 19.1. The van der Waals surface area contributed by atoms with E-state index in [4.69, 9.17) is 14.2 Å². The van der Waals surface area contributed by atoms with Crippen LogP contribution in [0.25, 0.3) is 0 Å². The Bertz CT molecular complexity index is 1000. The summed E-state index contributed by atoms with van der Waals surface area (Å²) in [6.07, 6.45) is 0. The molecule has 176 valence electrons. The third kappa shape index (κ3) is 6.01. The Morgan fingerprint density at radius 1 is 0.939 bits per heavy atom. The molecular formula is C24H29N3O6. The summed E-state index contributed by atoms with van der Waals surface area (Å²) >= 11 is 0. The van der Waals surface area contributed by atoms with Crippen LogP contribution < -0.4 is 15.0 Å². The molecule has 0 aliphatic carbocycles. The summed E-state index contributed by atoms with van der Waals surface area (Å²) in [6.45, 7) is 5.61. The van der Waals surface area contributed by atoms with Gasteiger partial charge in [0.1, 0.15) is 5.75 Å². The molecule has 0 bridgehead atoms. The van der Waals surface area contributed by atoms with Crippen LogP contribution in [0, 0.1) is 0 Å². The number of methoxy groups -OCH3 is 2. The van der Waals surface area contributed by atoms with Gasteiger partial charge in [-0.05, 0) is 37.3 Å². The molecule has 1 heterocycles. The monoisotopic (exact) mass is 455 g/mol. The molecule has 33 heavy (non-hydrogen) atoms. The molecule has 2 aromatic carbocycles. The van der Waals surface area contributed by atoms with Crippen LogP contribution in [0.2, 0.25) is 0 Å². The van der Waals surface area contributed by atoms with Gasteiger partial charge in [0.15, 0.2) is 0 Å². The summed E-state index contributed by atoms with van der Waals surface area (Å²) in [5.74, 6) is -0.606. The molecule has 1 saturated heterocycles. The molecule has 0 radical (unpaired) electrons. The van der Waals surface area contributed by atoms with E-state index >= 15 is 0 Å². The summed E-state index contributed by atoms with van der Waals surface area (Å²) in [6, 6.07) is 12.2. The molecule has 0 spiro atoms. The van der Waals surface area contributed by atoms with Gasteiger partial charge in [0, 0.05) is 26.2 Å². The lowest BCUT2D eigenvalue weighted by Gasteiger charge is -2.36. The number of carbonyl (C=O) groups excluding carboxylic acids is 3. The summed E-state index contributed by atoms with van der Waals surface area (Å²) < 4.78 is 15.2. The number of esters is 2. The Balaban J connectivity index is 1.63. The lowest BCUT2D eigenvalue weighted by molar-refractivity contribution is -0.117. The number of benzene rings is 2. The number of piperazine rings is 1. The smallest absolute Gasteiger partial charge is 0.339 e. The van der Waals surface area contributed by atoms with Crippen LogP contribution in [-0.2, 0) is 14.3 Å². The van der Waals surface area contributed by atoms with Gasteiger partial charge in [-0.1, -0.05) is 12.1 Å². The third-order valence-corrected chi connectivity index (χ3v) is 5.37. The van der Waals surface area contributed by atoms with Crippen LogP contribution in [-0.4, -0.2) is 76.3 Å². The largest absolute Gasteiger partial charge is 0.492 e. The first kappa shape index (κ1) is 24.1. The Morgan fingerprint density at radius 3 is 2.30 bits per heavy atom. The van der Waals surface area contributed by atoms with Crippen LogP contribution in [0.1, 0.15) is 27.6 Å². The number of carbonyl (C=O) groups is 3. The van der Waals surface area contributed by atoms with Crippen molar-refractivity contribution in [2.75, 3.05) is 63.8 Å². The molecule has 1 N–H and O–H groups in total. The van der Waals surface area contributed by atoms with Gasteiger partial charge in [-0.25, -0.2) is 9.59 Å². The first-order valence-electron chi connectivity index (χ1n) is 10.8. The number of para-hydroxylation sites is 2. The van der Waals surface area contributed by atoms with E-state index in [1.165, 1.54) is 32.4 Å². The highest BCUT2D eigenvalue weighted by Crippen LogP contribution is 2.28. The van der Waals surface area contributed by atoms with Gasteiger partial charge in [-0.3, -0.25) is 9.69 Å². The van der Waals surface area contributed by atoms with Gasteiger partial charge in [0.25, 0.3) is 0 Å². The second-order valence-electron chi connectivity index (χ2n) is 7.46. The molecule has 0 unspecified atom stereocenters. The van der Waals surface area contributed by atoms with Gasteiger partial charge in [-0.2, -0.15) is 0 Å². The van der Waals surface area contributed by atoms with Crippen molar-refractivity contribution in [2.45, 2.75) is 6.92 Å². The lowest BCUT2D eigenvalue weighted by atomic mass is 10.1. The number of anilines is 2. The molecule has 1 amide bonds. The average Bonchev–Trinajstić information content (AvgIpc) is 2.84. The molecule has 2 aromatic rings. The number of rotatable bonds is 8. The topological polar surface area (TPSA) is 97.4 Å². The molecule has 0 aromatic heterocycles. The van der Waals surface area contributed by atoms with E-state index in [-0.39, 0.29) is 29.3 Å². The minimum Gasteiger partial charge on any atom is -0.492 e. The molecule has 1 fully saturated rings. The highest BCUT2D eigenvalue weighted by Gasteiger charge is 2.23. The Morgan fingerprint density at radius 2 is 1.64 bits per heavy atom. The highest BCUT2D eigenvalue weighted by molar-refractivity contribution is 6.03. The molecule has 1 aliphatic rings. The zero-order valence-electron chi connectivity index (χ0n) is 19.1. The van der Waals surface area contributed by atoms with E-state index in [9.17, 15) is 14.4 Å². The molecule has 3 rings (SSSR count). The fraction of sp³-hybridized carbons (Fsp3) is 0.375. The van der Waals surface area contributed by atoms with E-state index in [1.807, 2.05) is 36.1 Å². The number of hydrogen-bond acceptors (Lipinski definition) is 8. The molecule has 0 saturated carbocycles.